The van der Waals surface area contributed by atoms with Crippen LogP contribution in [0.4, 0.5) is 4.39 Å². The van der Waals surface area contributed by atoms with Crippen LogP contribution < -0.4 is 5.73 Å². The quantitative estimate of drug-likeness (QED) is 0.916. The lowest BCUT2D eigenvalue weighted by atomic mass is 10.1. The lowest BCUT2D eigenvalue weighted by Gasteiger charge is -2.10. The van der Waals surface area contributed by atoms with E-state index in [1.165, 1.54) is 12.1 Å². The molecule has 4 heteroatoms. The summed E-state index contributed by atoms with van der Waals surface area (Å²) in [5.41, 5.74) is 9.50. The minimum Gasteiger partial charge on any atom is -0.330 e. The molecule has 2 N–H and O–H groups in total. The number of rotatable bonds is 4. The topological polar surface area (TPSA) is 51.8 Å². The molecule has 0 atom stereocenters. The van der Waals surface area contributed by atoms with Gasteiger partial charge >= 0.3 is 0 Å². The van der Waals surface area contributed by atoms with Gasteiger partial charge in [0.2, 0.25) is 0 Å². The van der Waals surface area contributed by atoms with Gasteiger partial charge in [0.05, 0.1) is 0 Å². The van der Waals surface area contributed by atoms with Crippen molar-refractivity contribution in [2.75, 3.05) is 6.54 Å². The summed E-state index contributed by atoms with van der Waals surface area (Å²) in [4.78, 5) is 8.98. The van der Waals surface area contributed by atoms with E-state index < -0.39 is 0 Å². The zero-order valence-corrected chi connectivity index (χ0v) is 11.3. The highest BCUT2D eigenvalue weighted by molar-refractivity contribution is 5.27. The first kappa shape index (κ1) is 13.6. The molecule has 0 unspecified atom stereocenters. The van der Waals surface area contributed by atoms with Crippen LogP contribution in [0, 0.1) is 19.7 Å². The van der Waals surface area contributed by atoms with E-state index in [4.69, 9.17) is 5.73 Å². The Kier molecular flexibility index (Phi) is 4.22. The molecule has 1 heterocycles. The molecular weight excluding hydrogens is 241 g/mol. The highest BCUT2D eigenvalue weighted by Crippen LogP contribution is 2.13. The van der Waals surface area contributed by atoms with Gasteiger partial charge in [-0.1, -0.05) is 12.1 Å². The van der Waals surface area contributed by atoms with Crippen LogP contribution >= 0.6 is 0 Å². The first-order chi connectivity index (χ1) is 9.10. The van der Waals surface area contributed by atoms with Crippen LogP contribution in [0.3, 0.4) is 0 Å². The summed E-state index contributed by atoms with van der Waals surface area (Å²) in [7, 11) is 0. The number of benzene rings is 1. The summed E-state index contributed by atoms with van der Waals surface area (Å²) in [6.07, 6.45) is 1.33. The van der Waals surface area contributed by atoms with Crippen molar-refractivity contribution >= 4 is 0 Å². The van der Waals surface area contributed by atoms with Gasteiger partial charge in [0.25, 0.3) is 0 Å². The summed E-state index contributed by atoms with van der Waals surface area (Å²) in [6, 6.07) is 6.53. The van der Waals surface area contributed by atoms with Crippen molar-refractivity contribution < 1.29 is 4.39 Å². The fraction of sp³-hybridized carbons (Fsp3) is 0.333. The van der Waals surface area contributed by atoms with Gasteiger partial charge in [-0.05, 0) is 50.1 Å². The van der Waals surface area contributed by atoms with Crippen molar-refractivity contribution in [3.05, 3.63) is 58.4 Å². The molecule has 1 aromatic heterocycles. The van der Waals surface area contributed by atoms with Crippen molar-refractivity contribution in [1.29, 1.82) is 0 Å². The third-order valence-corrected chi connectivity index (χ3v) is 3.11. The van der Waals surface area contributed by atoms with Crippen molar-refractivity contribution in [2.45, 2.75) is 26.7 Å². The summed E-state index contributed by atoms with van der Waals surface area (Å²) in [5, 5.41) is 0. The minimum absolute atomic E-state index is 0.231. The average molecular weight is 259 g/mol. The molecule has 3 nitrogen and oxygen atoms in total. The number of aryl methyl sites for hydroxylation is 2. The van der Waals surface area contributed by atoms with Crippen molar-refractivity contribution in [1.82, 2.24) is 9.97 Å². The van der Waals surface area contributed by atoms with Crippen LogP contribution in [-0.2, 0) is 12.8 Å². The van der Waals surface area contributed by atoms with E-state index in [2.05, 4.69) is 9.97 Å². The summed E-state index contributed by atoms with van der Waals surface area (Å²) < 4.78 is 13.1. The Balaban J connectivity index is 2.27. The molecule has 0 saturated heterocycles. The molecule has 0 fully saturated rings. The predicted molar refractivity (Wildman–Crippen MR) is 73.5 cm³/mol. The number of hydrogen-bond donors (Lipinski definition) is 1. The van der Waals surface area contributed by atoms with Crippen LogP contribution in [0.15, 0.2) is 24.3 Å². The van der Waals surface area contributed by atoms with Crippen molar-refractivity contribution in [3.8, 4) is 0 Å². The van der Waals surface area contributed by atoms with Crippen LogP contribution in [0.25, 0.3) is 0 Å². The maximum atomic E-state index is 13.1. The molecule has 1 aromatic carbocycles. The monoisotopic (exact) mass is 259 g/mol. The summed E-state index contributed by atoms with van der Waals surface area (Å²) in [5.74, 6) is 0.493. The molecule has 0 amide bonds. The van der Waals surface area contributed by atoms with Gasteiger partial charge in [0, 0.05) is 17.8 Å². The molecule has 0 aliphatic carbocycles. The molecule has 0 radical (unpaired) electrons. The van der Waals surface area contributed by atoms with E-state index in [1.807, 2.05) is 19.9 Å². The highest BCUT2D eigenvalue weighted by Gasteiger charge is 2.08. The Bertz CT molecular complexity index is 558. The zero-order chi connectivity index (χ0) is 13.8. The Morgan fingerprint density at radius 1 is 1.16 bits per heavy atom. The first-order valence-electron chi connectivity index (χ1n) is 6.37. The smallest absolute Gasteiger partial charge is 0.133 e. The van der Waals surface area contributed by atoms with Gasteiger partial charge in [0.15, 0.2) is 0 Å². The Hall–Kier alpha value is -1.81. The standard InChI is InChI=1S/C15H18FN3/c1-10-14(6-7-17)11(2)19-15(18-10)9-12-4-3-5-13(16)8-12/h3-5,8H,6-7,9,17H2,1-2H3. The van der Waals surface area contributed by atoms with Crippen molar-refractivity contribution in [2.24, 2.45) is 5.73 Å². The maximum Gasteiger partial charge on any atom is 0.133 e. The Labute approximate surface area is 112 Å². The molecule has 0 aliphatic heterocycles. The van der Waals surface area contributed by atoms with E-state index in [-0.39, 0.29) is 5.82 Å². The number of aromatic nitrogens is 2. The van der Waals surface area contributed by atoms with Gasteiger partial charge in [-0.2, -0.15) is 0 Å². The SMILES string of the molecule is Cc1nc(Cc2cccc(F)c2)nc(C)c1CCN. The lowest BCUT2D eigenvalue weighted by molar-refractivity contribution is 0.625. The van der Waals surface area contributed by atoms with Gasteiger partial charge in [0.1, 0.15) is 11.6 Å². The predicted octanol–water partition coefficient (Wildman–Crippen LogP) is 2.32. The van der Waals surface area contributed by atoms with Gasteiger partial charge in [-0.15, -0.1) is 0 Å². The van der Waals surface area contributed by atoms with E-state index in [0.29, 0.717) is 13.0 Å². The fourth-order valence-electron chi connectivity index (χ4n) is 2.22. The summed E-state index contributed by atoms with van der Waals surface area (Å²) >= 11 is 0. The van der Waals surface area contributed by atoms with Gasteiger partial charge in [-0.25, -0.2) is 14.4 Å². The second-order valence-corrected chi connectivity index (χ2v) is 4.63. The second kappa shape index (κ2) is 5.89. The zero-order valence-electron chi connectivity index (χ0n) is 11.3. The number of nitrogens with zero attached hydrogens (tertiary/aromatic N) is 2. The average Bonchev–Trinajstić information content (AvgIpc) is 2.34. The van der Waals surface area contributed by atoms with Crippen molar-refractivity contribution in [3.63, 3.8) is 0 Å². The molecule has 0 spiro atoms. The molecule has 2 aromatic rings. The number of hydrogen-bond acceptors (Lipinski definition) is 3. The number of halogens is 1. The van der Waals surface area contributed by atoms with E-state index in [0.717, 1.165) is 34.8 Å². The summed E-state index contributed by atoms with van der Waals surface area (Å²) in [6.45, 7) is 4.53. The van der Waals surface area contributed by atoms with Crippen LogP contribution in [-0.4, -0.2) is 16.5 Å². The van der Waals surface area contributed by atoms with E-state index in [9.17, 15) is 4.39 Å². The van der Waals surface area contributed by atoms with Crippen LogP contribution in [0.5, 0.6) is 0 Å². The van der Waals surface area contributed by atoms with Crippen LogP contribution in [0.2, 0.25) is 0 Å². The Morgan fingerprint density at radius 3 is 2.42 bits per heavy atom. The molecule has 0 aliphatic rings. The molecule has 0 saturated carbocycles. The number of nitrogens with two attached hydrogens (primary N) is 1. The maximum absolute atomic E-state index is 13.1. The third-order valence-electron chi connectivity index (χ3n) is 3.11. The normalized spacial score (nSPS) is 10.7. The Morgan fingerprint density at radius 2 is 1.84 bits per heavy atom. The molecule has 100 valence electrons. The van der Waals surface area contributed by atoms with Crippen LogP contribution in [0.1, 0.15) is 28.3 Å². The van der Waals surface area contributed by atoms with E-state index in [1.54, 1.807) is 6.07 Å². The molecular formula is C15H18FN3. The third kappa shape index (κ3) is 3.35. The van der Waals surface area contributed by atoms with E-state index >= 15 is 0 Å². The fourth-order valence-corrected chi connectivity index (χ4v) is 2.22. The van der Waals surface area contributed by atoms with Gasteiger partial charge < -0.3 is 5.73 Å². The van der Waals surface area contributed by atoms with Gasteiger partial charge in [-0.3, -0.25) is 0 Å². The first-order valence-corrected chi connectivity index (χ1v) is 6.37. The lowest BCUT2D eigenvalue weighted by Crippen LogP contribution is -2.10. The molecule has 0 bridgehead atoms. The molecule has 2 rings (SSSR count). The minimum atomic E-state index is -0.231. The highest BCUT2D eigenvalue weighted by atomic mass is 19.1. The molecule has 19 heavy (non-hydrogen) atoms. The second-order valence-electron chi connectivity index (χ2n) is 4.63. The largest absolute Gasteiger partial charge is 0.330 e.